The standard InChI is InChI=1S/C18H18ClN3O2/c1-4-12-5-7-13(8-6-12)9-22-10-20-16-14(18(22)24)15(19)11(2)17(23)21(16)3/h5-8,10H,4,9H2,1-3H3. The number of rotatable bonds is 3. The lowest BCUT2D eigenvalue weighted by atomic mass is 10.1. The highest BCUT2D eigenvalue weighted by Crippen LogP contribution is 2.19. The number of aryl methyl sites for hydroxylation is 2. The van der Waals surface area contributed by atoms with E-state index in [0.29, 0.717) is 17.8 Å². The maximum Gasteiger partial charge on any atom is 0.264 e. The van der Waals surface area contributed by atoms with Crippen LogP contribution >= 0.6 is 11.6 Å². The Kier molecular flexibility index (Phi) is 4.28. The topological polar surface area (TPSA) is 56.9 Å². The first kappa shape index (κ1) is 16.5. The van der Waals surface area contributed by atoms with Crippen molar-refractivity contribution >= 4 is 22.6 Å². The summed E-state index contributed by atoms with van der Waals surface area (Å²) >= 11 is 6.26. The summed E-state index contributed by atoms with van der Waals surface area (Å²) in [7, 11) is 1.59. The minimum Gasteiger partial charge on any atom is -0.295 e. The van der Waals surface area contributed by atoms with Crippen LogP contribution in [-0.2, 0) is 20.0 Å². The summed E-state index contributed by atoms with van der Waals surface area (Å²) in [4.78, 5) is 29.2. The Morgan fingerprint density at radius 2 is 1.71 bits per heavy atom. The molecule has 0 aliphatic carbocycles. The molecule has 1 aromatic carbocycles. The fourth-order valence-corrected chi connectivity index (χ4v) is 2.99. The number of aromatic nitrogens is 3. The number of hydrogen-bond donors (Lipinski definition) is 0. The Morgan fingerprint density at radius 1 is 1.08 bits per heavy atom. The van der Waals surface area contributed by atoms with E-state index in [0.717, 1.165) is 12.0 Å². The molecule has 24 heavy (non-hydrogen) atoms. The third kappa shape index (κ3) is 2.65. The zero-order chi connectivity index (χ0) is 17.4. The van der Waals surface area contributed by atoms with Crippen molar-refractivity contribution < 1.29 is 0 Å². The maximum absolute atomic E-state index is 12.8. The van der Waals surface area contributed by atoms with E-state index in [1.165, 1.54) is 21.0 Å². The Bertz CT molecular complexity index is 1030. The van der Waals surface area contributed by atoms with E-state index in [2.05, 4.69) is 24.0 Å². The lowest BCUT2D eigenvalue weighted by Gasteiger charge is -2.11. The molecule has 3 aromatic rings. The molecule has 0 aliphatic heterocycles. The SMILES string of the molecule is CCc1ccc(Cn2cnc3c(c(Cl)c(C)c(=O)n3C)c2=O)cc1. The van der Waals surface area contributed by atoms with Crippen LogP contribution in [0.4, 0.5) is 0 Å². The van der Waals surface area contributed by atoms with Gasteiger partial charge in [0.2, 0.25) is 0 Å². The smallest absolute Gasteiger partial charge is 0.264 e. The second-order valence-corrected chi connectivity index (χ2v) is 6.23. The molecule has 2 heterocycles. The third-order valence-electron chi connectivity index (χ3n) is 4.29. The Labute approximate surface area is 144 Å². The van der Waals surface area contributed by atoms with E-state index in [4.69, 9.17) is 11.6 Å². The molecule has 2 aromatic heterocycles. The van der Waals surface area contributed by atoms with Gasteiger partial charge in [0.05, 0.1) is 11.6 Å². The van der Waals surface area contributed by atoms with Gasteiger partial charge in [-0.2, -0.15) is 0 Å². The average molecular weight is 344 g/mol. The molecule has 3 rings (SSSR count). The fourth-order valence-electron chi connectivity index (χ4n) is 2.75. The average Bonchev–Trinajstić information content (AvgIpc) is 2.60. The molecule has 124 valence electrons. The van der Waals surface area contributed by atoms with Gasteiger partial charge in [-0.25, -0.2) is 4.98 Å². The van der Waals surface area contributed by atoms with Gasteiger partial charge in [-0.15, -0.1) is 0 Å². The van der Waals surface area contributed by atoms with Gasteiger partial charge < -0.3 is 0 Å². The lowest BCUT2D eigenvalue weighted by Crippen LogP contribution is -2.27. The molecule has 6 heteroatoms. The van der Waals surface area contributed by atoms with Crippen LogP contribution in [0.15, 0.2) is 40.2 Å². The molecule has 0 atom stereocenters. The van der Waals surface area contributed by atoms with Crippen LogP contribution < -0.4 is 11.1 Å². The second-order valence-electron chi connectivity index (χ2n) is 5.85. The van der Waals surface area contributed by atoms with E-state index in [-0.39, 0.29) is 21.5 Å². The molecule has 0 aliphatic rings. The van der Waals surface area contributed by atoms with Crippen LogP contribution in [0, 0.1) is 6.92 Å². The van der Waals surface area contributed by atoms with Crippen LogP contribution in [0.5, 0.6) is 0 Å². The van der Waals surface area contributed by atoms with Crippen molar-refractivity contribution in [2.24, 2.45) is 7.05 Å². The maximum atomic E-state index is 12.8. The molecular formula is C18H18ClN3O2. The number of nitrogens with zero attached hydrogens (tertiary/aromatic N) is 3. The quantitative estimate of drug-likeness (QED) is 0.734. The van der Waals surface area contributed by atoms with Crippen molar-refractivity contribution in [3.05, 3.63) is 73.0 Å². The predicted molar refractivity (Wildman–Crippen MR) is 95.9 cm³/mol. The van der Waals surface area contributed by atoms with E-state index in [1.807, 2.05) is 12.1 Å². The summed E-state index contributed by atoms with van der Waals surface area (Å²) in [5.41, 5.74) is 2.42. The van der Waals surface area contributed by atoms with Gasteiger partial charge in [0.15, 0.2) is 5.65 Å². The van der Waals surface area contributed by atoms with Gasteiger partial charge in [0.1, 0.15) is 11.7 Å². The molecular weight excluding hydrogens is 326 g/mol. The van der Waals surface area contributed by atoms with Crippen LogP contribution in [0.3, 0.4) is 0 Å². The summed E-state index contributed by atoms with van der Waals surface area (Å²) in [6, 6.07) is 8.11. The van der Waals surface area contributed by atoms with Gasteiger partial charge in [0, 0.05) is 12.6 Å². The second kappa shape index (κ2) is 6.24. The van der Waals surface area contributed by atoms with Crippen LogP contribution in [-0.4, -0.2) is 14.1 Å². The van der Waals surface area contributed by atoms with Gasteiger partial charge in [-0.05, 0) is 24.5 Å². The largest absolute Gasteiger partial charge is 0.295 e. The summed E-state index contributed by atoms with van der Waals surface area (Å²) in [5.74, 6) is 0. The molecule has 0 unspecified atom stereocenters. The molecule has 5 nitrogen and oxygen atoms in total. The van der Waals surface area contributed by atoms with Crippen molar-refractivity contribution in [2.45, 2.75) is 26.8 Å². The minimum absolute atomic E-state index is 0.182. The number of halogens is 1. The van der Waals surface area contributed by atoms with Crippen molar-refractivity contribution in [3.63, 3.8) is 0 Å². The highest BCUT2D eigenvalue weighted by molar-refractivity contribution is 6.35. The number of benzene rings is 1. The van der Waals surface area contributed by atoms with Gasteiger partial charge >= 0.3 is 0 Å². The van der Waals surface area contributed by atoms with Crippen LogP contribution in [0.25, 0.3) is 11.0 Å². The Balaban J connectivity index is 2.15. The molecule has 0 fully saturated rings. The molecule has 0 bridgehead atoms. The molecule has 0 saturated heterocycles. The number of hydrogen-bond acceptors (Lipinski definition) is 3. The summed E-state index contributed by atoms with van der Waals surface area (Å²) in [6.07, 6.45) is 2.43. The Hall–Kier alpha value is -2.40. The van der Waals surface area contributed by atoms with Gasteiger partial charge in [0.25, 0.3) is 11.1 Å². The normalized spacial score (nSPS) is 11.2. The first-order valence-corrected chi connectivity index (χ1v) is 8.14. The number of fused-ring (bicyclic) bond motifs is 1. The molecule has 0 radical (unpaired) electrons. The minimum atomic E-state index is -0.247. The van der Waals surface area contributed by atoms with E-state index in [9.17, 15) is 9.59 Å². The highest BCUT2D eigenvalue weighted by Gasteiger charge is 2.16. The lowest BCUT2D eigenvalue weighted by molar-refractivity contribution is 0.738. The molecule has 0 amide bonds. The van der Waals surface area contributed by atoms with Gasteiger partial charge in [-0.1, -0.05) is 42.8 Å². The fraction of sp³-hybridized carbons (Fsp3) is 0.278. The van der Waals surface area contributed by atoms with E-state index >= 15 is 0 Å². The summed E-state index contributed by atoms with van der Waals surface area (Å²) < 4.78 is 2.87. The molecule has 0 N–H and O–H groups in total. The predicted octanol–water partition coefficient (Wildman–Crippen LogP) is 2.67. The monoisotopic (exact) mass is 343 g/mol. The summed E-state index contributed by atoms with van der Waals surface area (Å²) in [6.45, 7) is 4.12. The highest BCUT2D eigenvalue weighted by atomic mass is 35.5. The van der Waals surface area contributed by atoms with Crippen molar-refractivity contribution in [1.82, 2.24) is 14.1 Å². The van der Waals surface area contributed by atoms with Gasteiger partial charge in [-0.3, -0.25) is 18.7 Å². The van der Waals surface area contributed by atoms with E-state index in [1.54, 1.807) is 14.0 Å². The Morgan fingerprint density at radius 3 is 2.33 bits per heavy atom. The summed E-state index contributed by atoms with van der Waals surface area (Å²) in [5, 5.41) is 0.463. The zero-order valence-corrected chi connectivity index (χ0v) is 14.6. The first-order valence-electron chi connectivity index (χ1n) is 7.76. The van der Waals surface area contributed by atoms with Crippen molar-refractivity contribution in [3.8, 4) is 0 Å². The van der Waals surface area contributed by atoms with E-state index < -0.39 is 0 Å². The zero-order valence-electron chi connectivity index (χ0n) is 13.8. The van der Waals surface area contributed by atoms with Crippen molar-refractivity contribution in [2.75, 3.05) is 0 Å². The van der Waals surface area contributed by atoms with Crippen LogP contribution in [0.2, 0.25) is 5.02 Å². The first-order chi connectivity index (χ1) is 11.4. The van der Waals surface area contributed by atoms with Crippen molar-refractivity contribution in [1.29, 1.82) is 0 Å². The third-order valence-corrected chi connectivity index (χ3v) is 4.77. The number of pyridine rings is 1. The molecule has 0 saturated carbocycles. The van der Waals surface area contributed by atoms with Crippen LogP contribution in [0.1, 0.15) is 23.6 Å². The molecule has 0 spiro atoms.